The van der Waals surface area contributed by atoms with E-state index in [-0.39, 0.29) is 43.2 Å². The molecule has 4 N–H and O–H groups in total. The van der Waals surface area contributed by atoms with Crippen LogP contribution >= 0.6 is 0 Å². The zero-order valence-electron chi connectivity index (χ0n) is 19.0. The maximum atomic E-state index is 15.4. The van der Waals surface area contributed by atoms with Gasteiger partial charge in [-0.25, -0.2) is 9.97 Å². The third kappa shape index (κ3) is 6.37. The molecule has 1 unspecified atom stereocenters. The minimum absolute atomic E-state index is 0.000153. The van der Waals surface area contributed by atoms with E-state index >= 15 is 4.39 Å². The van der Waals surface area contributed by atoms with Gasteiger partial charge in [0.05, 0.1) is 18.2 Å². The molecule has 2 heterocycles. The Hall–Kier alpha value is -2.99. The molecule has 0 spiro atoms. The van der Waals surface area contributed by atoms with Gasteiger partial charge in [0, 0.05) is 31.6 Å². The number of carbonyl (C=O) groups is 1. The lowest BCUT2D eigenvalue weighted by Gasteiger charge is -2.35. The quantitative estimate of drug-likeness (QED) is 0.458. The number of piperidine rings is 1. The summed E-state index contributed by atoms with van der Waals surface area (Å²) in [6, 6.07) is 4.87. The molecule has 190 valence electrons. The zero-order valence-corrected chi connectivity index (χ0v) is 19.0. The number of nitrogens with zero attached hydrogens (tertiary/aromatic N) is 4. The molecule has 2 atom stereocenters. The van der Waals surface area contributed by atoms with E-state index < -0.39 is 29.6 Å². The average Bonchev–Trinajstić information content (AvgIpc) is 3.63. The van der Waals surface area contributed by atoms with Crippen LogP contribution < -0.4 is 16.0 Å². The lowest BCUT2D eigenvalue weighted by Crippen LogP contribution is -2.48. The molecule has 1 aromatic heterocycles. The van der Waals surface area contributed by atoms with E-state index in [1.807, 2.05) is 0 Å². The number of anilines is 2. The first-order valence-electron chi connectivity index (χ1n) is 11.5. The minimum atomic E-state index is -4.42. The number of primary amides is 1. The Morgan fingerprint density at radius 3 is 2.51 bits per heavy atom. The number of likely N-dealkylation sites (tertiary alicyclic amines) is 1. The molecule has 35 heavy (non-hydrogen) atoms. The van der Waals surface area contributed by atoms with Crippen LogP contribution in [0.25, 0.3) is 0 Å². The van der Waals surface area contributed by atoms with Crippen LogP contribution in [0, 0.1) is 11.7 Å². The predicted molar refractivity (Wildman–Crippen MR) is 121 cm³/mol. The highest BCUT2D eigenvalue weighted by Crippen LogP contribution is 2.35. The summed E-state index contributed by atoms with van der Waals surface area (Å²) in [5.74, 6) is -1.18. The maximum absolute atomic E-state index is 15.4. The van der Waals surface area contributed by atoms with Crippen LogP contribution in [0.4, 0.5) is 29.2 Å². The normalized spacial score (nSPS) is 21.1. The molecule has 8 nitrogen and oxygen atoms in total. The van der Waals surface area contributed by atoms with Gasteiger partial charge < -0.3 is 21.1 Å². The van der Waals surface area contributed by atoms with Crippen LogP contribution in [0.5, 0.6) is 0 Å². The number of hydrogen-bond donors (Lipinski definition) is 3. The van der Waals surface area contributed by atoms with Crippen molar-refractivity contribution < 1.29 is 27.5 Å². The first-order valence-corrected chi connectivity index (χ1v) is 11.5. The Bertz CT molecular complexity index is 1030. The number of carbonyl (C=O) groups excluding carboxylic acids is 1. The van der Waals surface area contributed by atoms with Crippen molar-refractivity contribution in [3.8, 4) is 0 Å². The van der Waals surface area contributed by atoms with Crippen molar-refractivity contribution in [2.24, 2.45) is 11.7 Å². The van der Waals surface area contributed by atoms with Crippen molar-refractivity contribution in [1.82, 2.24) is 14.9 Å². The monoisotopic (exact) mass is 496 g/mol. The minimum Gasteiger partial charge on any atom is -0.391 e. The SMILES string of the molecule is NC(=O)CN1CCC(CNc2ncnc(N(Cc3ccc(C(F)(F)F)cc3)C3CC3)c2F)[C@@H](O)C1. The molecule has 2 fully saturated rings. The van der Waals surface area contributed by atoms with E-state index in [9.17, 15) is 23.1 Å². The highest BCUT2D eigenvalue weighted by Gasteiger charge is 2.34. The summed E-state index contributed by atoms with van der Waals surface area (Å²) in [5, 5.41) is 13.4. The topological polar surface area (TPSA) is 108 Å². The average molecular weight is 497 g/mol. The fourth-order valence-corrected chi connectivity index (χ4v) is 4.32. The number of hydrogen-bond acceptors (Lipinski definition) is 7. The van der Waals surface area contributed by atoms with Gasteiger partial charge in [-0.15, -0.1) is 0 Å². The van der Waals surface area contributed by atoms with Gasteiger partial charge in [-0.3, -0.25) is 9.69 Å². The molecule has 0 bridgehead atoms. The lowest BCUT2D eigenvalue weighted by atomic mass is 9.93. The molecule has 1 aliphatic carbocycles. The standard InChI is InChI=1S/C23H28F4N6O2/c24-20-21(29-9-15-7-8-32(11-18(15)34)12-19(28)35)30-13-31-22(20)33(17-5-6-17)10-14-1-3-16(4-2-14)23(25,26)27/h1-4,13,15,17-18,34H,5-12H2,(H2,28,35)(H,29,30,31)/t15?,18-/m0/s1. The van der Waals surface area contributed by atoms with Gasteiger partial charge in [-0.1, -0.05) is 12.1 Å². The molecular weight excluding hydrogens is 468 g/mol. The summed E-state index contributed by atoms with van der Waals surface area (Å²) >= 11 is 0. The molecule has 1 amide bonds. The first-order chi connectivity index (χ1) is 16.6. The third-order valence-electron chi connectivity index (χ3n) is 6.38. The molecule has 12 heteroatoms. The summed E-state index contributed by atoms with van der Waals surface area (Å²) < 4.78 is 54.0. The number of halogens is 4. The lowest BCUT2D eigenvalue weighted by molar-refractivity contribution is -0.137. The van der Waals surface area contributed by atoms with Crippen LogP contribution in [0.3, 0.4) is 0 Å². The Morgan fingerprint density at radius 2 is 1.91 bits per heavy atom. The number of β-amino-alcohol motifs (C(OH)–C–C–N with tert-alkyl or cyclic N) is 1. The zero-order chi connectivity index (χ0) is 25.2. The molecular formula is C23H28F4N6O2. The number of aliphatic hydroxyl groups excluding tert-OH is 1. The van der Waals surface area contributed by atoms with Gasteiger partial charge in [0.25, 0.3) is 0 Å². The van der Waals surface area contributed by atoms with Crippen LogP contribution in [0.15, 0.2) is 30.6 Å². The Kier molecular flexibility index (Phi) is 7.41. The van der Waals surface area contributed by atoms with E-state index in [2.05, 4.69) is 15.3 Å². The van der Waals surface area contributed by atoms with Crippen molar-refractivity contribution in [3.63, 3.8) is 0 Å². The summed E-state index contributed by atoms with van der Waals surface area (Å²) in [6.45, 7) is 1.47. The van der Waals surface area contributed by atoms with Crippen molar-refractivity contribution in [1.29, 1.82) is 0 Å². The molecule has 4 rings (SSSR count). The second kappa shape index (κ2) is 10.3. The van der Waals surface area contributed by atoms with E-state index in [1.54, 1.807) is 9.80 Å². The van der Waals surface area contributed by atoms with Gasteiger partial charge >= 0.3 is 6.18 Å². The second-order valence-electron chi connectivity index (χ2n) is 9.11. The fraction of sp³-hybridized carbons (Fsp3) is 0.522. The number of rotatable bonds is 9. The van der Waals surface area contributed by atoms with Crippen molar-refractivity contribution in [2.45, 2.75) is 44.1 Å². The number of aliphatic hydroxyl groups is 1. The summed E-state index contributed by atoms with van der Waals surface area (Å²) in [7, 11) is 0. The van der Waals surface area contributed by atoms with Gasteiger partial charge in [0.2, 0.25) is 11.7 Å². The van der Waals surface area contributed by atoms with Crippen LogP contribution in [0.1, 0.15) is 30.4 Å². The Morgan fingerprint density at radius 1 is 1.20 bits per heavy atom. The largest absolute Gasteiger partial charge is 0.416 e. The predicted octanol–water partition coefficient (Wildman–Crippen LogP) is 2.38. The van der Waals surface area contributed by atoms with Gasteiger partial charge in [-0.05, 0) is 43.5 Å². The first kappa shape index (κ1) is 25.1. The van der Waals surface area contributed by atoms with Gasteiger partial charge in [0.1, 0.15) is 6.33 Å². The summed E-state index contributed by atoms with van der Waals surface area (Å²) in [5.41, 5.74) is 5.09. The Labute approximate surface area is 200 Å². The summed E-state index contributed by atoms with van der Waals surface area (Å²) in [4.78, 5) is 22.8. The van der Waals surface area contributed by atoms with Crippen molar-refractivity contribution in [3.05, 3.63) is 47.5 Å². The van der Waals surface area contributed by atoms with E-state index in [0.29, 0.717) is 25.1 Å². The van der Waals surface area contributed by atoms with E-state index in [0.717, 1.165) is 25.0 Å². The maximum Gasteiger partial charge on any atom is 0.416 e. The molecule has 2 aliphatic rings. The van der Waals surface area contributed by atoms with Crippen LogP contribution in [-0.2, 0) is 17.5 Å². The molecule has 0 radical (unpaired) electrons. The molecule has 1 saturated carbocycles. The number of nitrogens with one attached hydrogen (secondary N) is 1. The summed E-state index contributed by atoms with van der Waals surface area (Å²) in [6.07, 6.45) is -1.60. The Balaban J connectivity index is 1.42. The van der Waals surface area contributed by atoms with Crippen LogP contribution in [0.2, 0.25) is 0 Å². The number of amides is 1. The highest BCUT2D eigenvalue weighted by atomic mass is 19.4. The molecule has 1 saturated heterocycles. The number of benzene rings is 1. The third-order valence-corrected chi connectivity index (χ3v) is 6.38. The second-order valence-corrected chi connectivity index (χ2v) is 9.11. The smallest absolute Gasteiger partial charge is 0.391 e. The van der Waals surface area contributed by atoms with Gasteiger partial charge in [0.15, 0.2) is 11.6 Å². The molecule has 1 aromatic carbocycles. The van der Waals surface area contributed by atoms with E-state index in [1.165, 1.54) is 18.5 Å². The van der Waals surface area contributed by atoms with Crippen LogP contribution in [-0.4, -0.2) is 64.2 Å². The molecule has 2 aromatic rings. The van der Waals surface area contributed by atoms with Gasteiger partial charge in [-0.2, -0.15) is 17.6 Å². The highest BCUT2D eigenvalue weighted by molar-refractivity contribution is 5.75. The number of nitrogens with two attached hydrogens (primary N) is 1. The van der Waals surface area contributed by atoms with E-state index in [4.69, 9.17) is 5.73 Å². The number of aromatic nitrogens is 2. The van der Waals surface area contributed by atoms with Crippen molar-refractivity contribution in [2.75, 3.05) is 36.4 Å². The van der Waals surface area contributed by atoms with Crippen molar-refractivity contribution >= 4 is 17.5 Å². The fourth-order valence-electron chi connectivity index (χ4n) is 4.32. The number of alkyl halides is 3. The molecule has 1 aliphatic heterocycles.